The fourth-order valence-corrected chi connectivity index (χ4v) is 2.73. The van der Waals surface area contributed by atoms with Crippen LogP contribution in [0, 0.1) is 6.92 Å². The summed E-state index contributed by atoms with van der Waals surface area (Å²) in [5.74, 6) is 0.530. The first-order valence-corrected chi connectivity index (χ1v) is 9.16. The zero-order chi connectivity index (χ0) is 20.1. The molecular formula is C23H19N3O3. The van der Waals surface area contributed by atoms with Crippen molar-refractivity contribution in [2.45, 2.75) is 13.5 Å². The van der Waals surface area contributed by atoms with E-state index in [0.717, 1.165) is 22.3 Å². The maximum absolute atomic E-state index is 12.2. The number of amides is 1. The lowest BCUT2D eigenvalue weighted by atomic mass is 10.1. The molecule has 1 amide bonds. The Morgan fingerprint density at radius 3 is 2.07 bits per heavy atom. The number of carbonyl (C=O) groups excluding carboxylic acids is 1. The summed E-state index contributed by atoms with van der Waals surface area (Å²) in [6, 6.07) is 24.4. The van der Waals surface area contributed by atoms with Crippen molar-refractivity contribution in [1.29, 1.82) is 0 Å². The number of aryl methyl sites for hydroxylation is 1. The van der Waals surface area contributed by atoms with Gasteiger partial charge in [-0.2, -0.15) is 0 Å². The molecule has 0 atom stereocenters. The number of hydrogen-bond acceptors (Lipinski definition) is 5. The van der Waals surface area contributed by atoms with Gasteiger partial charge in [0.05, 0.1) is 6.61 Å². The van der Waals surface area contributed by atoms with Crippen LogP contribution in [0.1, 0.15) is 21.5 Å². The summed E-state index contributed by atoms with van der Waals surface area (Å²) in [7, 11) is 0. The molecule has 4 aromatic rings. The Bertz CT molecular complexity index is 1090. The Hall–Kier alpha value is -3.77. The third-order valence-electron chi connectivity index (χ3n) is 4.36. The molecule has 29 heavy (non-hydrogen) atoms. The monoisotopic (exact) mass is 385 g/mol. The van der Waals surface area contributed by atoms with Crippen LogP contribution in [0.3, 0.4) is 0 Å². The maximum atomic E-state index is 12.2. The summed E-state index contributed by atoms with van der Waals surface area (Å²) in [6.07, 6.45) is 0. The van der Waals surface area contributed by atoms with Crippen LogP contribution in [0.15, 0.2) is 83.3 Å². The molecule has 0 saturated heterocycles. The summed E-state index contributed by atoms with van der Waals surface area (Å²) in [5, 5.41) is 8.20. The van der Waals surface area contributed by atoms with Gasteiger partial charge in [0.15, 0.2) is 0 Å². The maximum Gasteiger partial charge on any atom is 0.274 e. The number of nitrogens with one attached hydrogen (secondary N) is 1. The summed E-state index contributed by atoms with van der Waals surface area (Å²) in [5.41, 5.74) is 6.65. The second-order valence-electron chi connectivity index (χ2n) is 6.56. The fourth-order valence-electron chi connectivity index (χ4n) is 2.73. The van der Waals surface area contributed by atoms with Crippen molar-refractivity contribution in [3.05, 3.63) is 95.6 Å². The smallest absolute Gasteiger partial charge is 0.274 e. The molecule has 1 aromatic heterocycles. The second-order valence-corrected chi connectivity index (χ2v) is 6.56. The van der Waals surface area contributed by atoms with Gasteiger partial charge in [0.2, 0.25) is 11.8 Å². The summed E-state index contributed by atoms with van der Waals surface area (Å²) >= 11 is 0. The average Bonchev–Trinajstić information content (AvgIpc) is 3.25. The molecule has 0 aliphatic rings. The van der Waals surface area contributed by atoms with Gasteiger partial charge in [-0.15, -0.1) is 10.2 Å². The van der Waals surface area contributed by atoms with E-state index in [4.69, 9.17) is 9.25 Å². The number of rotatable bonds is 6. The largest absolute Gasteiger partial charge is 0.416 e. The Labute approximate surface area is 168 Å². The number of benzene rings is 3. The minimum atomic E-state index is -0.321. The molecule has 0 spiro atoms. The number of carbonyl (C=O) groups is 1. The first kappa shape index (κ1) is 18.6. The summed E-state index contributed by atoms with van der Waals surface area (Å²) < 4.78 is 5.76. The van der Waals surface area contributed by atoms with Gasteiger partial charge >= 0.3 is 0 Å². The van der Waals surface area contributed by atoms with Gasteiger partial charge in [0.25, 0.3) is 5.91 Å². The minimum absolute atomic E-state index is 0.300. The Kier molecular flexibility index (Phi) is 5.45. The van der Waals surface area contributed by atoms with Gasteiger partial charge in [0, 0.05) is 16.7 Å². The lowest BCUT2D eigenvalue weighted by Gasteiger charge is -2.06. The van der Waals surface area contributed by atoms with Crippen molar-refractivity contribution in [1.82, 2.24) is 15.7 Å². The molecule has 1 heterocycles. The van der Waals surface area contributed by atoms with Gasteiger partial charge in [-0.1, -0.05) is 48.0 Å². The fraction of sp³-hybridized carbons (Fsp3) is 0.0870. The van der Waals surface area contributed by atoms with Crippen molar-refractivity contribution >= 4 is 5.91 Å². The number of hydroxylamine groups is 1. The van der Waals surface area contributed by atoms with Crippen LogP contribution in [-0.2, 0) is 11.4 Å². The van der Waals surface area contributed by atoms with E-state index in [-0.39, 0.29) is 5.91 Å². The highest BCUT2D eigenvalue weighted by Gasteiger charge is 2.12. The molecule has 0 fully saturated rings. The SMILES string of the molecule is Cc1ccc(-c2nnc(-c3ccc(C(=O)NOCc4ccccc4)cc3)o2)cc1. The third kappa shape index (κ3) is 4.56. The molecule has 0 aliphatic heterocycles. The van der Waals surface area contributed by atoms with Crippen LogP contribution in [-0.4, -0.2) is 16.1 Å². The molecule has 4 rings (SSSR count). The van der Waals surface area contributed by atoms with Crippen molar-refractivity contribution in [3.8, 4) is 22.9 Å². The predicted molar refractivity (Wildman–Crippen MR) is 109 cm³/mol. The molecule has 0 saturated carbocycles. The van der Waals surface area contributed by atoms with Crippen LogP contribution in [0.5, 0.6) is 0 Å². The summed E-state index contributed by atoms with van der Waals surface area (Å²) in [6.45, 7) is 2.32. The number of nitrogens with zero attached hydrogens (tertiary/aromatic N) is 2. The van der Waals surface area contributed by atoms with Crippen LogP contribution >= 0.6 is 0 Å². The Morgan fingerprint density at radius 2 is 1.45 bits per heavy atom. The Morgan fingerprint density at radius 1 is 0.862 bits per heavy atom. The molecule has 144 valence electrons. The lowest BCUT2D eigenvalue weighted by molar-refractivity contribution is 0.0233. The molecule has 1 N–H and O–H groups in total. The van der Waals surface area contributed by atoms with E-state index >= 15 is 0 Å². The van der Waals surface area contributed by atoms with E-state index in [0.29, 0.717) is 24.0 Å². The van der Waals surface area contributed by atoms with Crippen molar-refractivity contribution in [3.63, 3.8) is 0 Å². The van der Waals surface area contributed by atoms with Crippen LogP contribution in [0.25, 0.3) is 22.9 Å². The normalized spacial score (nSPS) is 10.7. The lowest BCUT2D eigenvalue weighted by Crippen LogP contribution is -2.23. The summed E-state index contributed by atoms with van der Waals surface area (Å²) in [4.78, 5) is 17.5. The third-order valence-corrected chi connectivity index (χ3v) is 4.36. The first-order valence-electron chi connectivity index (χ1n) is 9.16. The van der Waals surface area contributed by atoms with E-state index in [1.165, 1.54) is 0 Å². The van der Waals surface area contributed by atoms with Crippen molar-refractivity contribution < 1.29 is 14.0 Å². The van der Waals surface area contributed by atoms with Crippen LogP contribution < -0.4 is 5.48 Å². The minimum Gasteiger partial charge on any atom is -0.416 e. The van der Waals surface area contributed by atoms with E-state index in [1.807, 2.05) is 61.5 Å². The van der Waals surface area contributed by atoms with E-state index < -0.39 is 0 Å². The van der Waals surface area contributed by atoms with Gasteiger partial charge in [-0.3, -0.25) is 9.63 Å². The number of aromatic nitrogens is 2. The van der Waals surface area contributed by atoms with E-state index in [1.54, 1.807) is 24.3 Å². The van der Waals surface area contributed by atoms with Gasteiger partial charge in [-0.05, 0) is 48.9 Å². The van der Waals surface area contributed by atoms with Crippen LogP contribution in [0.4, 0.5) is 0 Å². The Balaban J connectivity index is 1.38. The van der Waals surface area contributed by atoms with E-state index in [2.05, 4.69) is 15.7 Å². The molecule has 0 radical (unpaired) electrons. The second kappa shape index (κ2) is 8.50. The molecule has 0 aliphatic carbocycles. The zero-order valence-electron chi connectivity index (χ0n) is 15.8. The predicted octanol–water partition coefficient (Wildman–Crippen LogP) is 4.57. The molecule has 0 bridgehead atoms. The van der Waals surface area contributed by atoms with Gasteiger partial charge in [0.1, 0.15) is 0 Å². The highest BCUT2D eigenvalue weighted by Crippen LogP contribution is 2.24. The van der Waals surface area contributed by atoms with Crippen molar-refractivity contribution in [2.24, 2.45) is 0 Å². The molecule has 0 unspecified atom stereocenters. The molecular weight excluding hydrogens is 366 g/mol. The quantitative estimate of drug-likeness (QED) is 0.492. The highest BCUT2D eigenvalue weighted by molar-refractivity contribution is 5.93. The molecule has 6 nitrogen and oxygen atoms in total. The standard InChI is InChI=1S/C23H19N3O3/c1-16-7-9-19(10-8-16)22-24-25-23(29-22)20-13-11-18(12-14-20)21(27)26-28-15-17-5-3-2-4-6-17/h2-14H,15H2,1H3,(H,26,27). The topological polar surface area (TPSA) is 77.2 Å². The van der Waals surface area contributed by atoms with Crippen molar-refractivity contribution in [2.75, 3.05) is 0 Å². The molecule has 6 heteroatoms. The molecule has 3 aromatic carbocycles. The van der Waals surface area contributed by atoms with Gasteiger partial charge in [-0.25, -0.2) is 5.48 Å². The zero-order valence-corrected chi connectivity index (χ0v) is 15.8. The van der Waals surface area contributed by atoms with Gasteiger partial charge < -0.3 is 4.42 Å². The average molecular weight is 385 g/mol. The highest BCUT2D eigenvalue weighted by atomic mass is 16.6. The van der Waals surface area contributed by atoms with Crippen LogP contribution in [0.2, 0.25) is 0 Å². The first-order chi connectivity index (χ1) is 14.2. The van der Waals surface area contributed by atoms with E-state index in [9.17, 15) is 4.79 Å². The number of hydrogen-bond donors (Lipinski definition) is 1.